The van der Waals surface area contributed by atoms with Gasteiger partial charge in [0.25, 0.3) is 0 Å². The van der Waals surface area contributed by atoms with Gasteiger partial charge in [-0.1, -0.05) is 136 Å². The van der Waals surface area contributed by atoms with Gasteiger partial charge in [-0.2, -0.15) is 0 Å². The van der Waals surface area contributed by atoms with Crippen LogP contribution in [-0.2, 0) is 0 Å². The summed E-state index contributed by atoms with van der Waals surface area (Å²) in [6.45, 7) is 6.98. The number of rotatable bonds is 20. The Bertz CT molecular complexity index is 208. The van der Waals surface area contributed by atoms with Crippen LogP contribution in [0.1, 0.15) is 143 Å². The molecule has 0 bridgehead atoms. The van der Waals surface area contributed by atoms with Crippen molar-refractivity contribution in [3.63, 3.8) is 0 Å². The lowest BCUT2D eigenvalue weighted by Crippen LogP contribution is -1.95. The minimum Gasteiger partial charge on any atom is -0.0654 e. The average molecular weight is 338 g/mol. The highest BCUT2D eigenvalue weighted by molar-refractivity contribution is 4.72. The normalized spacial score (nSPS) is 12.6. The van der Waals surface area contributed by atoms with Crippen LogP contribution in [0.4, 0.5) is 0 Å². The summed E-state index contributed by atoms with van der Waals surface area (Å²) in [6.07, 6.45) is 30.0. The van der Waals surface area contributed by atoms with Crippen molar-refractivity contribution in [1.29, 1.82) is 0 Å². The van der Waals surface area contributed by atoms with E-state index in [1.54, 1.807) is 0 Å². The summed E-state index contributed by atoms with van der Waals surface area (Å²) in [5, 5.41) is 0. The molecule has 0 fully saturated rings. The Labute approximate surface area is 155 Å². The topological polar surface area (TPSA) is 0 Å². The monoisotopic (exact) mass is 337 g/mol. The Hall–Kier alpha value is 0. The molecule has 1 radical (unpaired) electrons. The summed E-state index contributed by atoms with van der Waals surface area (Å²) in [7, 11) is 0. The second-order valence-electron chi connectivity index (χ2n) is 8.09. The van der Waals surface area contributed by atoms with E-state index in [2.05, 4.69) is 27.2 Å². The molecule has 1 unspecified atom stereocenters. The largest absolute Gasteiger partial charge is 0.0654 e. The summed E-state index contributed by atoms with van der Waals surface area (Å²) < 4.78 is 0. The number of hydrogen-bond donors (Lipinski definition) is 0. The van der Waals surface area contributed by atoms with Crippen molar-refractivity contribution in [3.8, 4) is 0 Å². The fraction of sp³-hybridized carbons (Fsp3) is 0.958. The lowest BCUT2D eigenvalue weighted by Gasteiger charge is -2.09. The van der Waals surface area contributed by atoms with Gasteiger partial charge in [-0.15, -0.1) is 0 Å². The summed E-state index contributed by atoms with van der Waals surface area (Å²) in [4.78, 5) is 0. The predicted molar refractivity (Wildman–Crippen MR) is 113 cm³/mol. The molecular formula is C24H49. The van der Waals surface area contributed by atoms with Crippen molar-refractivity contribution in [2.24, 2.45) is 5.92 Å². The van der Waals surface area contributed by atoms with Crippen LogP contribution in [0, 0.1) is 12.3 Å². The summed E-state index contributed by atoms with van der Waals surface area (Å²) in [5.41, 5.74) is 0. The van der Waals surface area contributed by atoms with E-state index in [0.29, 0.717) is 0 Å². The standard InChI is InChI=1S/C24H49/c1-4-6-8-9-10-11-12-13-14-15-16-17-18-19-20-21-23-24(3)22-7-5-2/h23-24H,4-22H2,1-3H3. The van der Waals surface area contributed by atoms with Crippen LogP contribution in [0.25, 0.3) is 0 Å². The second kappa shape index (κ2) is 21.0. The molecule has 0 saturated carbocycles. The summed E-state index contributed by atoms with van der Waals surface area (Å²) >= 11 is 0. The smallest absolute Gasteiger partial charge is 0.0358 e. The number of unbranched alkanes of at least 4 members (excludes halogenated alkanes) is 16. The molecule has 0 N–H and O–H groups in total. The lowest BCUT2D eigenvalue weighted by atomic mass is 9.97. The van der Waals surface area contributed by atoms with Crippen molar-refractivity contribution in [3.05, 3.63) is 6.42 Å². The van der Waals surface area contributed by atoms with Gasteiger partial charge in [0.2, 0.25) is 0 Å². The molecule has 0 aromatic heterocycles. The molecule has 0 saturated heterocycles. The average Bonchev–Trinajstić information content (AvgIpc) is 2.59. The van der Waals surface area contributed by atoms with E-state index in [0.717, 1.165) is 5.92 Å². The van der Waals surface area contributed by atoms with E-state index in [1.807, 2.05) is 0 Å². The zero-order valence-electron chi connectivity index (χ0n) is 17.6. The third-order valence-electron chi connectivity index (χ3n) is 5.39. The zero-order valence-corrected chi connectivity index (χ0v) is 17.6. The quantitative estimate of drug-likeness (QED) is 0.194. The van der Waals surface area contributed by atoms with Crippen LogP contribution in [0.3, 0.4) is 0 Å². The van der Waals surface area contributed by atoms with Crippen molar-refractivity contribution in [2.75, 3.05) is 0 Å². The van der Waals surface area contributed by atoms with Crippen molar-refractivity contribution >= 4 is 0 Å². The highest BCUT2D eigenvalue weighted by Crippen LogP contribution is 2.17. The lowest BCUT2D eigenvalue weighted by molar-refractivity contribution is 0.517. The van der Waals surface area contributed by atoms with E-state index in [1.165, 1.54) is 122 Å². The van der Waals surface area contributed by atoms with Crippen molar-refractivity contribution < 1.29 is 0 Å². The van der Waals surface area contributed by atoms with Gasteiger partial charge in [0.1, 0.15) is 0 Å². The van der Waals surface area contributed by atoms with Gasteiger partial charge in [0, 0.05) is 0 Å². The van der Waals surface area contributed by atoms with Gasteiger partial charge in [0.15, 0.2) is 0 Å². The van der Waals surface area contributed by atoms with E-state index < -0.39 is 0 Å². The van der Waals surface area contributed by atoms with E-state index >= 15 is 0 Å². The molecule has 0 amide bonds. The first-order valence-corrected chi connectivity index (χ1v) is 11.6. The third-order valence-corrected chi connectivity index (χ3v) is 5.39. The molecule has 0 aliphatic heterocycles. The van der Waals surface area contributed by atoms with Gasteiger partial charge >= 0.3 is 0 Å². The first kappa shape index (κ1) is 24.0. The zero-order chi connectivity index (χ0) is 17.7. The molecule has 0 aliphatic carbocycles. The van der Waals surface area contributed by atoms with Gasteiger partial charge in [-0.3, -0.25) is 0 Å². The highest BCUT2D eigenvalue weighted by Gasteiger charge is 2.01. The second-order valence-corrected chi connectivity index (χ2v) is 8.09. The Morgan fingerprint density at radius 1 is 0.500 bits per heavy atom. The first-order chi connectivity index (χ1) is 11.8. The van der Waals surface area contributed by atoms with Gasteiger partial charge in [-0.25, -0.2) is 0 Å². The van der Waals surface area contributed by atoms with Crippen LogP contribution >= 0.6 is 0 Å². The van der Waals surface area contributed by atoms with Gasteiger partial charge in [0.05, 0.1) is 0 Å². The van der Waals surface area contributed by atoms with Crippen molar-refractivity contribution in [1.82, 2.24) is 0 Å². The van der Waals surface area contributed by atoms with Crippen LogP contribution in [0.5, 0.6) is 0 Å². The van der Waals surface area contributed by atoms with Crippen LogP contribution in [0.15, 0.2) is 0 Å². The Morgan fingerprint density at radius 2 is 0.875 bits per heavy atom. The first-order valence-electron chi connectivity index (χ1n) is 11.6. The third kappa shape index (κ3) is 20.0. The molecule has 0 aromatic carbocycles. The fourth-order valence-corrected chi connectivity index (χ4v) is 3.56. The molecule has 0 heteroatoms. The van der Waals surface area contributed by atoms with E-state index in [-0.39, 0.29) is 0 Å². The SMILES string of the molecule is CCCCCCCCCCCCCCCCC[CH]C(C)CCCC. The minimum atomic E-state index is 0.844. The molecule has 0 rings (SSSR count). The van der Waals surface area contributed by atoms with Gasteiger partial charge in [-0.05, 0) is 18.8 Å². The van der Waals surface area contributed by atoms with E-state index in [9.17, 15) is 0 Å². The molecule has 24 heavy (non-hydrogen) atoms. The Kier molecular flexibility index (Phi) is 21.0. The maximum atomic E-state index is 2.57. The molecule has 1 atom stereocenters. The number of hydrogen-bond acceptors (Lipinski definition) is 0. The Morgan fingerprint density at radius 3 is 1.29 bits per heavy atom. The Balaban J connectivity index is 3.02. The van der Waals surface area contributed by atoms with Crippen LogP contribution < -0.4 is 0 Å². The summed E-state index contributed by atoms with van der Waals surface area (Å²) in [5.74, 6) is 0.844. The maximum absolute atomic E-state index is 2.57. The predicted octanol–water partition coefficient (Wildman–Crippen LogP) is 9.28. The van der Waals surface area contributed by atoms with Crippen molar-refractivity contribution in [2.45, 2.75) is 143 Å². The molecule has 145 valence electrons. The fourth-order valence-electron chi connectivity index (χ4n) is 3.56. The molecule has 0 spiro atoms. The highest BCUT2D eigenvalue weighted by atomic mass is 14.1. The minimum absolute atomic E-state index is 0.844. The summed E-state index contributed by atoms with van der Waals surface area (Å²) in [6, 6.07) is 0. The molecule has 0 aromatic rings. The molecule has 0 nitrogen and oxygen atoms in total. The van der Waals surface area contributed by atoms with Crippen LogP contribution in [0.2, 0.25) is 0 Å². The van der Waals surface area contributed by atoms with E-state index in [4.69, 9.17) is 0 Å². The van der Waals surface area contributed by atoms with Gasteiger partial charge < -0.3 is 0 Å². The molecular weight excluding hydrogens is 288 g/mol. The van der Waals surface area contributed by atoms with Crippen LogP contribution in [-0.4, -0.2) is 0 Å². The maximum Gasteiger partial charge on any atom is -0.0358 e. The molecule has 0 aliphatic rings. The molecule has 0 heterocycles.